The van der Waals surface area contributed by atoms with Crippen molar-refractivity contribution in [3.63, 3.8) is 0 Å². The number of carboxylic acid groups (broad SMARTS) is 4. The van der Waals surface area contributed by atoms with Gasteiger partial charge >= 0.3 is 23.9 Å². The minimum atomic E-state index is -1.12. The van der Waals surface area contributed by atoms with Crippen molar-refractivity contribution in [2.45, 2.75) is 0 Å². The van der Waals surface area contributed by atoms with Crippen molar-refractivity contribution in [1.82, 2.24) is 9.97 Å². The van der Waals surface area contributed by atoms with E-state index in [2.05, 4.69) is 4.98 Å². The first-order valence-electron chi connectivity index (χ1n) is 15.6. The average Bonchev–Trinajstić information content (AvgIpc) is 3.60. The molecule has 0 spiro atoms. The van der Waals surface area contributed by atoms with Crippen molar-refractivity contribution in [3.8, 4) is 55.9 Å². The number of aromatic nitrogens is 2. The molecule has 0 unspecified atom stereocenters. The number of nitrogens with zero attached hydrogens (tertiary/aromatic N) is 1. The normalized spacial score (nSPS) is 11.0. The van der Waals surface area contributed by atoms with E-state index < -0.39 is 23.9 Å². The second-order valence-corrected chi connectivity index (χ2v) is 11.8. The molecule has 51 heavy (non-hydrogen) atoms. The van der Waals surface area contributed by atoms with Crippen LogP contribution in [0.3, 0.4) is 0 Å². The summed E-state index contributed by atoms with van der Waals surface area (Å²) in [4.78, 5) is 55.1. The van der Waals surface area contributed by atoms with E-state index in [0.29, 0.717) is 50.2 Å². The van der Waals surface area contributed by atoms with Crippen LogP contribution in [0.4, 0.5) is 0 Å². The van der Waals surface area contributed by atoms with Gasteiger partial charge in [-0.2, -0.15) is 0 Å². The molecule has 0 atom stereocenters. The third-order valence-electron chi connectivity index (χ3n) is 8.69. The van der Waals surface area contributed by atoms with Crippen LogP contribution < -0.4 is 0 Å². The van der Waals surface area contributed by atoms with E-state index in [4.69, 9.17) is 4.98 Å². The van der Waals surface area contributed by atoms with Gasteiger partial charge < -0.3 is 25.4 Å². The lowest BCUT2D eigenvalue weighted by atomic mass is 9.94. The van der Waals surface area contributed by atoms with Crippen LogP contribution in [0.25, 0.3) is 66.9 Å². The SMILES string of the molecule is O=C(O)c1ccc(-c2cccc(-c3ccc(C(=O)O)cc3-c3nc4c(-c5ccc(C(=O)O)cc5)ccc(-c5ccc(C(=O)O)cc5)c4[nH]3)c2)cc1. The molecule has 5 N–H and O–H groups in total. The van der Waals surface area contributed by atoms with Crippen molar-refractivity contribution >= 4 is 34.9 Å². The first-order chi connectivity index (χ1) is 24.6. The molecule has 248 valence electrons. The molecule has 0 saturated carbocycles. The van der Waals surface area contributed by atoms with Crippen LogP contribution in [0.5, 0.6) is 0 Å². The second kappa shape index (κ2) is 12.9. The van der Waals surface area contributed by atoms with Gasteiger partial charge in [0.05, 0.1) is 33.3 Å². The minimum absolute atomic E-state index is 0.0450. The summed E-state index contributed by atoms with van der Waals surface area (Å²) in [5.41, 5.74) is 8.01. The summed E-state index contributed by atoms with van der Waals surface area (Å²) in [6.07, 6.45) is 0. The molecule has 1 aromatic heterocycles. The van der Waals surface area contributed by atoms with Gasteiger partial charge in [0.15, 0.2) is 0 Å². The number of aromatic carboxylic acids is 4. The van der Waals surface area contributed by atoms with E-state index in [-0.39, 0.29) is 22.3 Å². The molecule has 0 radical (unpaired) electrons. The van der Waals surface area contributed by atoms with E-state index in [1.165, 1.54) is 42.5 Å². The number of nitrogens with one attached hydrogen (secondary N) is 1. The molecular formula is C41H26N2O8. The number of hydrogen-bond acceptors (Lipinski definition) is 5. The molecule has 0 aliphatic rings. The lowest BCUT2D eigenvalue weighted by Gasteiger charge is -2.11. The molecule has 10 nitrogen and oxygen atoms in total. The molecule has 0 aliphatic heterocycles. The van der Waals surface area contributed by atoms with Gasteiger partial charge in [0.25, 0.3) is 0 Å². The fourth-order valence-electron chi connectivity index (χ4n) is 6.07. The highest BCUT2D eigenvalue weighted by molar-refractivity contribution is 6.04. The van der Waals surface area contributed by atoms with Crippen LogP contribution in [0, 0.1) is 0 Å². The van der Waals surface area contributed by atoms with E-state index in [0.717, 1.165) is 16.7 Å². The monoisotopic (exact) mass is 674 g/mol. The van der Waals surface area contributed by atoms with Crippen LogP contribution >= 0.6 is 0 Å². The third kappa shape index (κ3) is 6.20. The average molecular weight is 675 g/mol. The summed E-state index contributed by atoms with van der Waals surface area (Å²) >= 11 is 0. The largest absolute Gasteiger partial charge is 0.478 e. The van der Waals surface area contributed by atoms with Gasteiger partial charge in [-0.05, 0) is 88.0 Å². The zero-order valence-electron chi connectivity index (χ0n) is 26.5. The molecule has 6 aromatic carbocycles. The van der Waals surface area contributed by atoms with E-state index in [9.17, 15) is 39.6 Å². The van der Waals surface area contributed by atoms with Crippen molar-refractivity contribution in [2.24, 2.45) is 0 Å². The Hall–Kier alpha value is -7.33. The molecule has 0 bridgehead atoms. The Morgan fingerprint density at radius 1 is 0.412 bits per heavy atom. The lowest BCUT2D eigenvalue weighted by Crippen LogP contribution is -1.98. The molecular weight excluding hydrogens is 648 g/mol. The number of fused-ring (bicyclic) bond motifs is 1. The van der Waals surface area contributed by atoms with Gasteiger partial charge in [-0.15, -0.1) is 0 Å². The number of hydrogen-bond donors (Lipinski definition) is 5. The van der Waals surface area contributed by atoms with Gasteiger partial charge in [0.2, 0.25) is 0 Å². The number of rotatable bonds is 9. The summed E-state index contributed by atoms with van der Waals surface area (Å²) in [7, 11) is 0. The Labute approximate surface area is 289 Å². The van der Waals surface area contributed by atoms with Crippen molar-refractivity contribution in [1.29, 1.82) is 0 Å². The maximum absolute atomic E-state index is 12.2. The number of benzene rings is 6. The van der Waals surface area contributed by atoms with Gasteiger partial charge in [0, 0.05) is 16.7 Å². The fourth-order valence-corrected chi connectivity index (χ4v) is 6.07. The van der Waals surface area contributed by atoms with Crippen LogP contribution in [0.1, 0.15) is 41.4 Å². The molecule has 7 rings (SSSR count). The Morgan fingerprint density at radius 3 is 1.41 bits per heavy atom. The van der Waals surface area contributed by atoms with Crippen molar-refractivity contribution < 1.29 is 39.6 Å². The molecule has 0 amide bonds. The highest BCUT2D eigenvalue weighted by Gasteiger charge is 2.20. The Balaban J connectivity index is 1.43. The Kier molecular flexibility index (Phi) is 8.18. The fraction of sp³-hybridized carbons (Fsp3) is 0. The van der Waals surface area contributed by atoms with Crippen LogP contribution in [0.2, 0.25) is 0 Å². The molecule has 0 aliphatic carbocycles. The maximum atomic E-state index is 12.2. The number of imidazole rings is 1. The van der Waals surface area contributed by atoms with Gasteiger partial charge in [0.1, 0.15) is 5.82 Å². The van der Waals surface area contributed by atoms with Gasteiger partial charge in [-0.25, -0.2) is 24.2 Å². The quantitative estimate of drug-likeness (QED) is 0.100. The van der Waals surface area contributed by atoms with Crippen molar-refractivity contribution in [2.75, 3.05) is 0 Å². The van der Waals surface area contributed by atoms with Crippen molar-refractivity contribution in [3.05, 3.63) is 150 Å². The van der Waals surface area contributed by atoms with E-state index in [1.807, 2.05) is 36.4 Å². The number of aromatic amines is 1. The highest BCUT2D eigenvalue weighted by atomic mass is 16.4. The summed E-state index contributed by atoms with van der Waals surface area (Å²) in [5, 5.41) is 38.2. The summed E-state index contributed by atoms with van der Waals surface area (Å²) in [5.74, 6) is -3.88. The third-order valence-corrected chi connectivity index (χ3v) is 8.69. The first-order valence-corrected chi connectivity index (χ1v) is 15.6. The predicted molar refractivity (Wildman–Crippen MR) is 191 cm³/mol. The molecule has 0 fully saturated rings. The van der Waals surface area contributed by atoms with Crippen LogP contribution in [-0.2, 0) is 0 Å². The Morgan fingerprint density at radius 2 is 0.863 bits per heavy atom. The first kappa shape index (κ1) is 32.2. The maximum Gasteiger partial charge on any atom is 0.335 e. The van der Waals surface area contributed by atoms with Gasteiger partial charge in [-0.3, -0.25) is 0 Å². The van der Waals surface area contributed by atoms with E-state index >= 15 is 0 Å². The molecule has 7 aromatic rings. The lowest BCUT2D eigenvalue weighted by molar-refractivity contribution is 0.0686. The molecule has 0 saturated heterocycles. The zero-order valence-corrected chi connectivity index (χ0v) is 26.5. The summed E-state index contributed by atoms with van der Waals surface area (Å²) < 4.78 is 0. The smallest absolute Gasteiger partial charge is 0.335 e. The van der Waals surface area contributed by atoms with Gasteiger partial charge in [-0.1, -0.05) is 72.8 Å². The topological polar surface area (TPSA) is 178 Å². The van der Waals surface area contributed by atoms with E-state index in [1.54, 1.807) is 48.5 Å². The minimum Gasteiger partial charge on any atom is -0.478 e. The highest BCUT2D eigenvalue weighted by Crippen LogP contribution is 2.39. The number of carbonyl (C=O) groups is 4. The molecule has 1 heterocycles. The van der Waals surface area contributed by atoms with Crippen LogP contribution in [-0.4, -0.2) is 54.3 Å². The summed E-state index contributed by atoms with van der Waals surface area (Å²) in [6, 6.07) is 35.4. The van der Waals surface area contributed by atoms with Crippen LogP contribution in [0.15, 0.2) is 127 Å². The Bertz CT molecular complexity index is 2420. The second-order valence-electron chi connectivity index (χ2n) is 11.8. The predicted octanol–water partition coefficient (Wildman–Crippen LogP) is 8.69. The standard InChI is InChI=1S/C41H26N2O8/c44-38(45)25-10-4-22(5-11-25)28-2-1-3-29(20-28)31-17-16-30(41(50)51)21-34(31)37-42-35-32(23-6-12-26(13-7-23)39(46)47)18-19-33(36(35)43-37)24-8-14-27(15-9-24)40(48)49/h1-21H,(H,42,43)(H,44,45)(H,46,47)(H,48,49)(H,50,51). The zero-order chi connectivity index (χ0) is 35.8. The molecule has 10 heteroatoms. The number of carboxylic acids is 4. The number of H-pyrrole nitrogens is 1. The summed E-state index contributed by atoms with van der Waals surface area (Å²) in [6.45, 7) is 0.